The van der Waals surface area contributed by atoms with Crippen LogP contribution in [-0.2, 0) is 0 Å². The van der Waals surface area contributed by atoms with Gasteiger partial charge in [0.05, 0.1) is 13.2 Å². The third kappa shape index (κ3) is 4.39. The highest BCUT2D eigenvalue weighted by Crippen LogP contribution is 2.25. The Bertz CT molecular complexity index is 549. The van der Waals surface area contributed by atoms with Gasteiger partial charge in [0.1, 0.15) is 19.0 Å². The minimum Gasteiger partial charge on any atom is -0.493 e. The molecule has 2 aromatic rings. The summed E-state index contributed by atoms with van der Waals surface area (Å²) in [6.45, 7) is 2.60. The minimum atomic E-state index is -0.465. The Labute approximate surface area is 124 Å². The third-order valence-corrected chi connectivity index (χ3v) is 3.04. The van der Waals surface area contributed by atoms with Crippen LogP contribution in [0.5, 0.6) is 17.2 Å². The van der Waals surface area contributed by atoms with E-state index < -0.39 is 6.10 Å². The highest BCUT2D eigenvalue weighted by molar-refractivity contribution is 5.39. The number of aliphatic hydroxyl groups excluding tert-OH is 1. The van der Waals surface area contributed by atoms with Crippen molar-refractivity contribution in [2.24, 2.45) is 0 Å². The Morgan fingerprint density at radius 1 is 0.905 bits per heavy atom. The quantitative estimate of drug-likeness (QED) is 0.795. The zero-order chi connectivity index (χ0) is 15.1. The predicted molar refractivity (Wildman–Crippen MR) is 81.1 cm³/mol. The van der Waals surface area contributed by atoms with Gasteiger partial charge in [0.15, 0.2) is 11.5 Å². The van der Waals surface area contributed by atoms with Gasteiger partial charge in [-0.2, -0.15) is 0 Å². The Hall–Kier alpha value is -2.20. The van der Waals surface area contributed by atoms with Gasteiger partial charge in [-0.25, -0.2) is 0 Å². The molecular weight excluding hydrogens is 268 g/mol. The highest BCUT2D eigenvalue weighted by atomic mass is 16.5. The van der Waals surface area contributed by atoms with E-state index in [1.54, 1.807) is 14.0 Å². The molecule has 0 aliphatic carbocycles. The molecule has 0 bridgehead atoms. The van der Waals surface area contributed by atoms with Gasteiger partial charge in [-0.3, -0.25) is 0 Å². The summed E-state index contributed by atoms with van der Waals surface area (Å²) in [5.74, 6) is 2.16. The van der Waals surface area contributed by atoms with E-state index >= 15 is 0 Å². The molecule has 0 saturated carbocycles. The summed E-state index contributed by atoms with van der Waals surface area (Å²) < 4.78 is 16.4. The van der Waals surface area contributed by atoms with E-state index in [-0.39, 0.29) is 0 Å². The molecule has 112 valence electrons. The fraction of sp³-hybridized carbons (Fsp3) is 0.294. The minimum absolute atomic E-state index is 0.429. The van der Waals surface area contributed by atoms with E-state index in [9.17, 15) is 5.11 Å². The second-order valence-corrected chi connectivity index (χ2v) is 4.59. The van der Waals surface area contributed by atoms with Crippen molar-refractivity contribution < 1.29 is 19.3 Å². The number of ether oxygens (including phenoxy) is 3. The van der Waals surface area contributed by atoms with Crippen molar-refractivity contribution in [3.05, 3.63) is 54.1 Å². The maximum Gasteiger partial charge on any atom is 0.161 e. The average molecular weight is 288 g/mol. The molecule has 0 radical (unpaired) electrons. The lowest BCUT2D eigenvalue weighted by atomic mass is 10.1. The van der Waals surface area contributed by atoms with Crippen LogP contribution < -0.4 is 14.2 Å². The molecule has 0 aromatic heterocycles. The zero-order valence-electron chi connectivity index (χ0n) is 12.3. The first-order chi connectivity index (χ1) is 10.2. The molecule has 0 aliphatic rings. The molecule has 1 unspecified atom stereocenters. The molecule has 1 N–H and O–H groups in total. The molecule has 21 heavy (non-hydrogen) atoms. The van der Waals surface area contributed by atoms with Crippen molar-refractivity contribution in [3.63, 3.8) is 0 Å². The van der Waals surface area contributed by atoms with Crippen LogP contribution in [0.25, 0.3) is 0 Å². The molecule has 4 heteroatoms. The second-order valence-electron chi connectivity index (χ2n) is 4.59. The van der Waals surface area contributed by atoms with Gasteiger partial charge in [0.2, 0.25) is 0 Å². The monoisotopic (exact) mass is 288 g/mol. The van der Waals surface area contributed by atoms with E-state index in [1.807, 2.05) is 48.5 Å². The summed E-state index contributed by atoms with van der Waals surface area (Å²) in [4.78, 5) is 0. The first kappa shape index (κ1) is 15.2. The molecule has 0 aliphatic heterocycles. The van der Waals surface area contributed by atoms with Crippen molar-refractivity contribution in [2.45, 2.75) is 13.0 Å². The van der Waals surface area contributed by atoms with Crippen molar-refractivity contribution in [1.29, 1.82) is 0 Å². The standard InChI is InChI=1S/C17H20O4/c1-13(18)14-7-9-15(10-8-14)20-11-12-21-17-6-4-3-5-16(17)19-2/h3-10,13,18H,11-12H2,1-2H3. The van der Waals surface area contributed by atoms with Gasteiger partial charge in [-0.1, -0.05) is 24.3 Å². The maximum atomic E-state index is 9.43. The van der Waals surface area contributed by atoms with Crippen LogP contribution in [-0.4, -0.2) is 25.4 Å². The summed E-state index contributed by atoms with van der Waals surface area (Å²) >= 11 is 0. The Morgan fingerprint density at radius 2 is 1.52 bits per heavy atom. The molecule has 2 rings (SSSR count). The predicted octanol–water partition coefficient (Wildman–Crippen LogP) is 3.21. The normalized spacial score (nSPS) is 11.8. The molecule has 0 fully saturated rings. The van der Waals surface area contributed by atoms with Gasteiger partial charge in [0.25, 0.3) is 0 Å². The average Bonchev–Trinajstić information content (AvgIpc) is 2.52. The second kappa shape index (κ2) is 7.55. The summed E-state index contributed by atoms with van der Waals surface area (Å²) in [6.07, 6.45) is -0.465. The number of hydrogen-bond acceptors (Lipinski definition) is 4. The van der Waals surface area contributed by atoms with Crippen LogP contribution in [0.1, 0.15) is 18.6 Å². The number of rotatable bonds is 7. The van der Waals surface area contributed by atoms with Crippen LogP contribution in [0.15, 0.2) is 48.5 Å². The molecule has 2 aromatic carbocycles. The third-order valence-electron chi connectivity index (χ3n) is 3.04. The van der Waals surface area contributed by atoms with Crippen LogP contribution in [0.3, 0.4) is 0 Å². The van der Waals surface area contributed by atoms with Crippen LogP contribution in [0, 0.1) is 0 Å². The highest BCUT2D eigenvalue weighted by Gasteiger charge is 2.03. The van der Waals surface area contributed by atoms with E-state index in [0.717, 1.165) is 11.3 Å². The largest absolute Gasteiger partial charge is 0.493 e. The number of methoxy groups -OCH3 is 1. The summed E-state index contributed by atoms with van der Waals surface area (Å²) in [5.41, 5.74) is 0.868. The van der Waals surface area contributed by atoms with Crippen LogP contribution >= 0.6 is 0 Å². The molecule has 0 saturated heterocycles. The molecular formula is C17H20O4. The van der Waals surface area contributed by atoms with E-state index in [0.29, 0.717) is 24.7 Å². The Balaban J connectivity index is 1.79. The summed E-state index contributed by atoms with van der Waals surface area (Å²) in [7, 11) is 1.61. The van der Waals surface area contributed by atoms with Crippen molar-refractivity contribution in [1.82, 2.24) is 0 Å². The van der Waals surface area contributed by atoms with E-state index in [2.05, 4.69) is 0 Å². The van der Waals surface area contributed by atoms with E-state index in [1.165, 1.54) is 0 Å². The first-order valence-electron chi connectivity index (χ1n) is 6.87. The summed E-state index contributed by atoms with van der Waals surface area (Å²) in [6, 6.07) is 14.9. The van der Waals surface area contributed by atoms with Crippen LogP contribution in [0.4, 0.5) is 0 Å². The van der Waals surface area contributed by atoms with Gasteiger partial charge < -0.3 is 19.3 Å². The Kier molecular flexibility index (Phi) is 5.46. The fourth-order valence-corrected chi connectivity index (χ4v) is 1.89. The van der Waals surface area contributed by atoms with Gasteiger partial charge in [-0.05, 0) is 36.8 Å². The number of para-hydroxylation sites is 2. The zero-order valence-corrected chi connectivity index (χ0v) is 12.3. The van der Waals surface area contributed by atoms with Crippen molar-refractivity contribution in [3.8, 4) is 17.2 Å². The SMILES string of the molecule is COc1ccccc1OCCOc1ccc(C(C)O)cc1. The molecule has 0 spiro atoms. The van der Waals surface area contributed by atoms with Gasteiger partial charge in [-0.15, -0.1) is 0 Å². The lowest BCUT2D eigenvalue weighted by Gasteiger charge is -2.11. The fourth-order valence-electron chi connectivity index (χ4n) is 1.89. The molecule has 1 atom stereocenters. The van der Waals surface area contributed by atoms with Crippen molar-refractivity contribution >= 4 is 0 Å². The summed E-state index contributed by atoms with van der Waals surface area (Å²) in [5, 5.41) is 9.43. The topological polar surface area (TPSA) is 47.9 Å². The number of aliphatic hydroxyl groups is 1. The lowest BCUT2D eigenvalue weighted by molar-refractivity contribution is 0.198. The smallest absolute Gasteiger partial charge is 0.161 e. The Morgan fingerprint density at radius 3 is 2.14 bits per heavy atom. The molecule has 0 amide bonds. The maximum absolute atomic E-state index is 9.43. The van der Waals surface area contributed by atoms with Gasteiger partial charge >= 0.3 is 0 Å². The van der Waals surface area contributed by atoms with Crippen LogP contribution in [0.2, 0.25) is 0 Å². The number of hydrogen-bond donors (Lipinski definition) is 1. The molecule has 4 nitrogen and oxygen atoms in total. The number of benzene rings is 2. The van der Waals surface area contributed by atoms with Crippen molar-refractivity contribution in [2.75, 3.05) is 20.3 Å². The van der Waals surface area contributed by atoms with E-state index in [4.69, 9.17) is 14.2 Å². The van der Waals surface area contributed by atoms with Gasteiger partial charge in [0, 0.05) is 0 Å². The lowest BCUT2D eigenvalue weighted by Crippen LogP contribution is -2.09. The first-order valence-corrected chi connectivity index (χ1v) is 6.87. The molecule has 0 heterocycles.